The van der Waals surface area contributed by atoms with Gasteiger partial charge in [0.25, 0.3) is 0 Å². The van der Waals surface area contributed by atoms with Crippen molar-refractivity contribution in [1.29, 1.82) is 0 Å². The van der Waals surface area contributed by atoms with E-state index in [9.17, 15) is 46.0 Å². The molecule has 0 aromatic carbocycles. The van der Waals surface area contributed by atoms with Gasteiger partial charge in [0, 0.05) is 18.3 Å². The zero-order valence-electron chi connectivity index (χ0n) is 31.9. The van der Waals surface area contributed by atoms with Gasteiger partial charge in [0.05, 0.1) is 31.5 Å². The molecule has 0 amide bonds. The van der Waals surface area contributed by atoms with Crippen molar-refractivity contribution in [3.8, 4) is 0 Å². The van der Waals surface area contributed by atoms with Gasteiger partial charge < -0.3 is 69.6 Å². The molecule has 0 radical (unpaired) electrons. The zero-order valence-corrected chi connectivity index (χ0v) is 31.9. The van der Waals surface area contributed by atoms with Crippen molar-refractivity contribution in [2.75, 3.05) is 13.2 Å². The highest BCUT2D eigenvalue weighted by Crippen LogP contribution is 2.71. The average molecular weight is 759 g/mol. The molecular weight excluding hydrogens is 692 g/mol. The minimum atomic E-state index is -1.74. The van der Waals surface area contributed by atoms with E-state index < -0.39 is 86.5 Å². The molecule has 3 saturated heterocycles. The van der Waals surface area contributed by atoms with E-state index in [0.717, 1.165) is 38.5 Å². The zero-order chi connectivity index (χ0) is 38.4. The van der Waals surface area contributed by atoms with Gasteiger partial charge >= 0.3 is 0 Å². The third kappa shape index (κ3) is 6.66. The Kier molecular flexibility index (Phi) is 11.5. The standard InChI is InChI=1S/C39H66O14/c1-17(2)8-13-39(48)18(3)25-33(53-39)29(44)26-21-7-6-19-14-20(9-11-37(19,4)22(21)10-12-38(25,26)5)49-36-34(31(46)28(43)24(16-41)51-36)52-35-32(47)30(45)27(42)23(15-40)50-35/h17-36,40-48H,6-16H2,1-5H3/t18-,19+,20+,21+,22-,23-,24+,25-,26+,27+,28+,29-,30-,31-,32+,33+,34+,35+,36+,37-,38+,39+/m1/s1. The maximum Gasteiger partial charge on any atom is 0.187 e. The van der Waals surface area contributed by atoms with E-state index in [-0.39, 0.29) is 40.8 Å². The molecule has 14 nitrogen and oxygen atoms in total. The first-order valence-electron chi connectivity index (χ1n) is 20.3. The van der Waals surface area contributed by atoms with Crippen LogP contribution in [0.1, 0.15) is 92.4 Å². The van der Waals surface area contributed by atoms with Crippen LogP contribution in [-0.2, 0) is 23.7 Å². The molecule has 7 fully saturated rings. The maximum absolute atomic E-state index is 12.0. The Balaban J connectivity index is 1.04. The van der Waals surface area contributed by atoms with Crippen LogP contribution in [0.3, 0.4) is 0 Å². The first kappa shape index (κ1) is 40.6. The van der Waals surface area contributed by atoms with Crippen LogP contribution >= 0.6 is 0 Å². The SMILES string of the molecule is CC(C)CC[C@]1(O)O[C@@H]2[C@H](O)[C@@H]3[C@H]4CC[C@H]5C[C@@H](O[C@H]6O[C@@H](CO)[C@H](O)[C@@H](O)[C@@H]6O[C@@H]6O[C@H](CO)[C@H](O)[C@@H](O)[C@@H]6O)CC[C@@]5(C)[C@@H]4CC[C@@]3(C)[C@@H]2[C@H]1C. The fraction of sp³-hybridized carbons (Fsp3) is 1.00. The van der Waals surface area contributed by atoms with E-state index in [1.165, 1.54) is 0 Å². The Morgan fingerprint density at radius 1 is 0.717 bits per heavy atom. The van der Waals surface area contributed by atoms with E-state index in [1.54, 1.807) is 0 Å². The highest BCUT2D eigenvalue weighted by molar-refractivity contribution is 5.18. The van der Waals surface area contributed by atoms with Gasteiger partial charge in [-0.3, -0.25) is 0 Å². The molecule has 3 heterocycles. The Labute approximate surface area is 312 Å². The van der Waals surface area contributed by atoms with Gasteiger partial charge in [0.1, 0.15) is 48.8 Å². The average Bonchev–Trinajstić information content (AvgIpc) is 3.52. The molecule has 53 heavy (non-hydrogen) atoms. The molecule has 14 heteroatoms. The van der Waals surface area contributed by atoms with E-state index in [0.29, 0.717) is 42.9 Å². The molecule has 7 aliphatic rings. The smallest absolute Gasteiger partial charge is 0.187 e. The summed E-state index contributed by atoms with van der Waals surface area (Å²) in [7, 11) is 0. The first-order chi connectivity index (χ1) is 25.0. The number of ether oxygens (including phenoxy) is 5. The molecule has 3 aliphatic heterocycles. The summed E-state index contributed by atoms with van der Waals surface area (Å²) in [5.41, 5.74) is -0.117. The van der Waals surface area contributed by atoms with Crippen LogP contribution in [0.2, 0.25) is 0 Å². The van der Waals surface area contributed by atoms with Gasteiger partial charge in [-0.2, -0.15) is 0 Å². The summed E-state index contributed by atoms with van der Waals surface area (Å²) in [5.74, 6) is 0.445. The van der Waals surface area contributed by atoms with Crippen molar-refractivity contribution in [3.05, 3.63) is 0 Å². The Hall–Kier alpha value is -0.560. The van der Waals surface area contributed by atoms with Crippen molar-refractivity contribution >= 4 is 0 Å². The van der Waals surface area contributed by atoms with Crippen molar-refractivity contribution in [2.24, 2.45) is 52.3 Å². The summed E-state index contributed by atoms with van der Waals surface area (Å²) >= 11 is 0. The second-order valence-corrected chi connectivity index (χ2v) is 18.8. The van der Waals surface area contributed by atoms with Gasteiger partial charge in [-0.05, 0) is 91.8 Å². The number of hydrogen-bond acceptors (Lipinski definition) is 14. The summed E-state index contributed by atoms with van der Waals surface area (Å²) in [6.45, 7) is 9.90. The predicted molar refractivity (Wildman–Crippen MR) is 186 cm³/mol. The topological polar surface area (TPSA) is 228 Å². The van der Waals surface area contributed by atoms with E-state index in [4.69, 9.17) is 23.7 Å². The Bertz CT molecular complexity index is 1270. The molecule has 22 atom stereocenters. The summed E-state index contributed by atoms with van der Waals surface area (Å²) in [5, 5.41) is 96.3. The predicted octanol–water partition coefficient (Wildman–Crippen LogP) is 0.395. The number of fused-ring (bicyclic) bond motifs is 7. The number of aliphatic hydroxyl groups is 9. The van der Waals surface area contributed by atoms with Gasteiger partial charge in [0.15, 0.2) is 18.4 Å². The van der Waals surface area contributed by atoms with Crippen LogP contribution in [0.15, 0.2) is 0 Å². The van der Waals surface area contributed by atoms with Crippen LogP contribution in [0.5, 0.6) is 0 Å². The van der Waals surface area contributed by atoms with Crippen molar-refractivity contribution in [3.63, 3.8) is 0 Å². The third-order valence-electron chi connectivity index (χ3n) is 15.7. The van der Waals surface area contributed by atoms with Crippen molar-refractivity contribution in [1.82, 2.24) is 0 Å². The van der Waals surface area contributed by atoms with Crippen LogP contribution < -0.4 is 0 Å². The maximum atomic E-state index is 12.0. The van der Waals surface area contributed by atoms with Crippen LogP contribution in [0.25, 0.3) is 0 Å². The summed E-state index contributed by atoms with van der Waals surface area (Å²) < 4.78 is 30.4. The number of aliphatic hydroxyl groups excluding tert-OH is 8. The third-order valence-corrected chi connectivity index (χ3v) is 15.7. The molecule has 0 bridgehead atoms. The molecular formula is C39H66O14. The monoisotopic (exact) mass is 758 g/mol. The summed E-state index contributed by atoms with van der Waals surface area (Å²) in [6.07, 6.45) is -8.50. The fourth-order valence-corrected chi connectivity index (χ4v) is 12.7. The molecule has 0 spiro atoms. The van der Waals surface area contributed by atoms with Crippen LogP contribution in [-0.4, -0.2) is 145 Å². The highest BCUT2D eigenvalue weighted by Gasteiger charge is 2.71. The molecule has 4 saturated carbocycles. The molecule has 0 aromatic heterocycles. The van der Waals surface area contributed by atoms with Gasteiger partial charge in [0.2, 0.25) is 0 Å². The quantitative estimate of drug-likeness (QED) is 0.145. The number of hydrogen-bond donors (Lipinski definition) is 9. The minimum absolute atomic E-state index is 0.00892. The van der Waals surface area contributed by atoms with Crippen molar-refractivity contribution < 1.29 is 69.6 Å². The lowest BCUT2D eigenvalue weighted by molar-refractivity contribution is -0.373. The number of rotatable bonds is 9. The lowest BCUT2D eigenvalue weighted by atomic mass is 9.44. The van der Waals surface area contributed by atoms with Crippen LogP contribution in [0.4, 0.5) is 0 Å². The van der Waals surface area contributed by atoms with Gasteiger partial charge in [-0.1, -0.05) is 34.6 Å². The highest BCUT2D eigenvalue weighted by atomic mass is 16.8. The Morgan fingerprint density at radius 2 is 1.36 bits per heavy atom. The van der Waals surface area contributed by atoms with E-state index in [1.807, 2.05) is 0 Å². The second kappa shape index (κ2) is 15.0. The lowest BCUT2D eigenvalue weighted by Gasteiger charge is -2.61. The van der Waals surface area contributed by atoms with Gasteiger partial charge in [-0.25, -0.2) is 0 Å². The van der Waals surface area contributed by atoms with E-state index >= 15 is 0 Å². The molecule has 7 rings (SSSR count). The molecule has 4 aliphatic carbocycles. The molecule has 306 valence electrons. The summed E-state index contributed by atoms with van der Waals surface area (Å²) in [6, 6.07) is 0. The molecule has 0 aromatic rings. The van der Waals surface area contributed by atoms with Crippen LogP contribution in [0, 0.1) is 52.3 Å². The first-order valence-corrected chi connectivity index (χ1v) is 20.3. The lowest BCUT2D eigenvalue weighted by Crippen LogP contribution is -2.65. The van der Waals surface area contributed by atoms with E-state index in [2.05, 4.69) is 34.6 Å². The summed E-state index contributed by atoms with van der Waals surface area (Å²) in [4.78, 5) is 0. The van der Waals surface area contributed by atoms with Gasteiger partial charge in [-0.15, -0.1) is 0 Å². The minimum Gasteiger partial charge on any atom is -0.394 e. The largest absolute Gasteiger partial charge is 0.394 e. The molecule has 9 N–H and O–H groups in total. The molecule has 0 unspecified atom stereocenters. The second-order valence-electron chi connectivity index (χ2n) is 18.8. The normalized spacial score (nSPS) is 56.8. The fourth-order valence-electron chi connectivity index (χ4n) is 12.7. The van der Waals surface area contributed by atoms with Crippen molar-refractivity contribution in [2.45, 2.75) is 178 Å². The Morgan fingerprint density at radius 3 is 2.02 bits per heavy atom.